The number of carboxylic acid groups (broad SMARTS) is 1. The Morgan fingerprint density at radius 3 is 2.44 bits per heavy atom. The highest BCUT2D eigenvalue weighted by molar-refractivity contribution is 5.79. The quantitative estimate of drug-likeness (QED) is 0.739. The maximum absolute atomic E-state index is 11.5. The number of carboxylic acids is 1. The Morgan fingerprint density at radius 2 is 2.06 bits per heavy atom. The number of rotatable bonds is 5. The lowest BCUT2D eigenvalue weighted by Crippen LogP contribution is -2.55. The van der Waals surface area contributed by atoms with Crippen molar-refractivity contribution in [3.05, 3.63) is 0 Å². The summed E-state index contributed by atoms with van der Waals surface area (Å²) in [5, 5.41) is 12.5. The third kappa shape index (κ3) is 3.05. The van der Waals surface area contributed by atoms with Crippen LogP contribution in [-0.4, -0.2) is 23.2 Å². The fourth-order valence-electron chi connectivity index (χ4n) is 2.87. The lowest BCUT2D eigenvalue weighted by molar-refractivity contribution is -0.147. The molecular weight excluding hydrogens is 226 g/mol. The number of carbonyl (C=O) groups is 1. The molecule has 0 bridgehead atoms. The van der Waals surface area contributed by atoms with Crippen molar-refractivity contribution >= 4 is 5.97 Å². The summed E-state index contributed by atoms with van der Waals surface area (Å²) in [5.41, 5.74) is -0.497. The molecule has 0 aromatic heterocycles. The standard InChI is InChI=1S/C15H25NO2/c1-5-11-16-15(13(17)18)9-7-12(8-10-15)14(3,4)6-2/h1,12,16H,6-11H2,2-4H3,(H,17,18). The molecule has 0 saturated heterocycles. The first-order valence-corrected chi connectivity index (χ1v) is 6.80. The molecule has 0 aromatic rings. The molecule has 3 nitrogen and oxygen atoms in total. The monoisotopic (exact) mass is 251 g/mol. The average molecular weight is 251 g/mol. The molecule has 0 unspecified atom stereocenters. The van der Waals surface area contributed by atoms with Gasteiger partial charge in [0.05, 0.1) is 6.54 Å². The Balaban J connectivity index is 2.70. The third-order valence-corrected chi connectivity index (χ3v) is 4.79. The summed E-state index contributed by atoms with van der Waals surface area (Å²) in [6.45, 7) is 7.09. The summed E-state index contributed by atoms with van der Waals surface area (Å²) in [6, 6.07) is 0. The smallest absolute Gasteiger partial charge is 0.323 e. The van der Waals surface area contributed by atoms with Crippen molar-refractivity contribution in [3.63, 3.8) is 0 Å². The van der Waals surface area contributed by atoms with Gasteiger partial charge in [-0.1, -0.05) is 33.1 Å². The molecule has 0 aliphatic heterocycles. The zero-order chi connectivity index (χ0) is 13.8. The van der Waals surface area contributed by atoms with Gasteiger partial charge < -0.3 is 5.11 Å². The van der Waals surface area contributed by atoms with Crippen LogP contribution in [0.15, 0.2) is 0 Å². The Labute approximate surface area is 110 Å². The lowest BCUT2D eigenvalue weighted by Gasteiger charge is -2.43. The molecule has 1 aliphatic carbocycles. The van der Waals surface area contributed by atoms with E-state index in [4.69, 9.17) is 6.42 Å². The molecule has 3 heteroatoms. The van der Waals surface area contributed by atoms with Crippen LogP contribution in [0.4, 0.5) is 0 Å². The second kappa shape index (κ2) is 5.75. The second-order valence-electron chi connectivity index (χ2n) is 6.06. The van der Waals surface area contributed by atoms with Crippen LogP contribution >= 0.6 is 0 Å². The first kappa shape index (κ1) is 15.0. The summed E-state index contributed by atoms with van der Waals surface area (Å²) < 4.78 is 0. The molecule has 0 aromatic carbocycles. The second-order valence-corrected chi connectivity index (χ2v) is 6.06. The number of hydrogen-bond donors (Lipinski definition) is 2. The summed E-state index contributed by atoms with van der Waals surface area (Å²) in [4.78, 5) is 11.5. The summed E-state index contributed by atoms with van der Waals surface area (Å²) in [7, 11) is 0. The minimum absolute atomic E-state index is 0.302. The molecule has 18 heavy (non-hydrogen) atoms. The molecule has 0 amide bonds. The predicted octanol–water partition coefficient (Wildman–Crippen LogP) is 2.66. The molecule has 1 saturated carbocycles. The van der Waals surface area contributed by atoms with Crippen LogP contribution in [0, 0.1) is 23.7 Å². The van der Waals surface area contributed by atoms with E-state index in [-0.39, 0.29) is 0 Å². The normalized spacial score (nSPS) is 28.7. The van der Waals surface area contributed by atoms with Crippen molar-refractivity contribution in [2.45, 2.75) is 58.4 Å². The van der Waals surface area contributed by atoms with E-state index in [1.54, 1.807) is 0 Å². The van der Waals surface area contributed by atoms with Crippen molar-refractivity contribution in [3.8, 4) is 12.3 Å². The zero-order valence-corrected chi connectivity index (χ0v) is 11.8. The van der Waals surface area contributed by atoms with Crippen LogP contribution in [0.5, 0.6) is 0 Å². The van der Waals surface area contributed by atoms with Gasteiger partial charge >= 0.3 is 5.97 Å². The van der Waals surface area contributed by atoms with Crippen molar-refractivity contribution in [1.82, 2.24) is 5.32 Å². The van der Waals surface area contributed by atoms with Crippen LogP contribution < -0.4 is 5.32 Å². The fraction of sp³-hybridized carbons (Fsp3) is 0.800. The van der Waals surface area contributed by atoms with Gasteiger partial charge in [-0.05, 0) is 37.0 Å². The number of terminal acetylenes is 1. The van der Waals surface area contributed by atoms with E-state index in [1.807, 2.05) is 0 Å². The van der Waals surface area contributed by atoms with Crippen LogP contribution in [0.3, 0.4) is 0 Å². The molecule has 0 heterocycles. The maximum atomic E-state index is 11.5. The van der Waals surface area contributed by atoms with E-state index < -0.39 is 11.5 Å². The van der Waals surface area contributed by atoms with E-state index in [0.717, 1.165) is 19.3 Å². The van der Waals surface area contributed by atoms with Gasteiger partial charge in [0.25, 0.3) is 0 Å². The van der Waals surface area contributed by atoms with Gasteiger partial charge in [0.15, 0.2) is 0 Å². The average Bonchev–Trinajstić information content (AvgIpc) is 2.36. The molecule has 1 aliphatic rings. The highest BCUT2D eigenvalue weighted by Crippen LogP contribution is 2.43. The maximum Gasteiger partial charge on any atom is 0.323 e. The molecule has 0 atom stereocenters. The molecule has 0 spiro atoms. The highest BCUT2D eigenvalue weighted by Gasteiger charge is 2.44. The lowest BCUT2D eigenvalue weighted by atomic mass is 9.65. The van der Waals surface area contributed by atoms with Crippen molar-refractivity contribution < 1.29 is 9.90 Å². The van der Waals surface area contributed by atoms with E-state index in [9.17, 15) is 9.90 Å². The first-order chi connectivity index (χ1) is 8.38. The van der Waals surface area contributed by atoms with E-state index in [0.29, 0.717) is 30.7 Å². The summed E-state index contributed by atoms with van der Waals surface area (Å²) in [6.07, 6.45) is 9.64. The Kier molecular flexibility index (Phi) is 4.81. The Hall–Kier alpha value is -1.01. The summed E-state index contributed by atoms with van der Waals surface area (Å²) >= 11 is 0. The van der Waals surface area contributed by atoms with Crippen LogP contribution in [-0.2, 0) is 4.79 Å². The van der Waals surface area contributed by atoms with Gasteiger partial charge in [-0.2, -0.15) is 0 Å². The minimum atomic E-state index is -0.799. The SMILES string of the molecule is C#CCNC1(C(=O)O)CCC(C(C)(C)CC)CC1. The van der Waals surface area contributed by atoms with Crippen LogP contribution in [0.25, 0.3) is 0 Å². The van der Waals surface area contributed by atoms with Crippen molar-refractivity contribution in [1.29, 1.82) is 0 Å². The first-order valence-electron chi connectivity index (χ1n) is 6.80. The van der Waals surface area contributed by atoms with Gasteiger partial charge in [0.2, 0.25) is 0 Å². The molecular formula is C15H25NO2. The van der Waals surface area contributed by atoms with E-state index in [2.05, 4.69) is 32.0 Å². The number of nitrogens with one attached hydrogen (secondary N) is 1. The van der Waals surface area contributed by atoms with Gasteiger partial charge in [0, 0.05) is 0 Å². The van der Waals surface area contributed by atoms with Crippen molar-refractivity contribution in [2.24, 2.45) is 11.3 Å². The van der Waals surface area contributed by atoms with E-state index >= 15 is 0 Å². The third-order valence-electron chi connectivity index (χ3n) is 4.79. The highest BCUT2D eigenvalue weighted by atomic mass is 16.4. The molecule has 102 valence electrons. The summed E-state index contributed by atoms with van der Waals surface area (Å²) in [5.74, 6) is 2.33. The number of hydrogen-bond acceptors (Lipinski definition) is 2. The van der Waals surface area contributed by atoms with Crippen LogP contribution in [0.2, 0.25) is 0 Å². The van der Waals surface area contributed by atoms with Gasteiger partial charge in [0.1, 0.15) is 5.54 Å². The number of aliphatic carboxylic acids is 1. The largest absolute Gasteiger partial charge is 0.480 e. The molecule has 1 rings (SSSR count). The van der Waals surface area contributed by atoms with Crippen molar-refractivity contribution in [2.75, 3.05) is 6.54 Å². The minimum Gasteiger partial charge on any atom is -0.480 e. The van der Waals surface area contributed by atoms with Crippen LogP contribution in [0.1, 0.15) is 52.9 Å². The fourth-order valence-corrected chi connectivity index (χ4v) is 2.87. The topological polar surface area (TPSA) is 49.3 Å². The van der Waals surface area contributed by atoms with Gasteiger partial charge in [-0.25, -0.2) is 0 Å². The van der Waals surface area contributed by atoms with Gasteiger partial charge in [-0.15, -0.1) is 6.42 Å². The molecule has 2 N–H and O–H groups in total. The van der Waals surface area contributed by atoms with E-state index in [1.165, 1.54) is 0 Å². The Morgan fingerprint density at radius 1 is 1.50 bits per heavy atom. The zero-order valence-electron chi connectivity index (χ0n) is 11.8. The Bertz CT molecular complexity index is 333. The predicted molar refractivity (Wildman–Crippen MR) is 73.2 cm³/mol. The molecule has 1 fully saturated rings. The molecule has 0 radical (unpaired) electrons. The van der Waals surface area contributed by atoms with Gasteiger partial charge in [-0.3, -0.25) is 10.1 Å².